The molecule has 4 rings (SSSR count). The highest BCUT2D eigenvalue weighted by atomic mass is 31.2. The number of rotatable bonds is 5. The average molecular weight is 416 g/mol. The van der Waals surface area contributed by atoms with Gasteiger partial charge in [0.05, 0.1) is 12.0 Å². The number of halogens is 1. The molecule has 0 spiro atoms. The molecule has 0 aliphatic rings. The molecule has 0 aliphatic heterocycles. The molecule has 30 heavy (non-hydrogen) atoms. The molecule has 0 fully saturated rings. The molecule has 0 radical (unpaired) electrons. The second-order valence-electron chi connectivity index (χ2n) is 6.61. The summed E-state index contributed by atoms with van der Waals surface area (Å²) in [7, 11) is -2.71. The lowest BCUT2D eigenvalue weighted by atomic mass is 10.2. The maximum atomic E-state index is 14.4. The fourth-order valence-corrected chi connectivity index (χ4v) is 7.01. The third-order valence-corrected chi connectivity index (χ3v) is 8.45. The van der Waals surface area contributed by atoms with Gasteiger partial charge >= 0.3 is 5.69 Å². The van der Waals surface area contributed by atoms with E-state index in [1.807, 2.05) is 91.0 Å². The Bertz CT molecular complexity index is 1130. The van der Waals surface area contributed by atoms with E-state index in [1.165, 1.54) is 12.1 Å². The van der Waals surface area contributed by atoms with Crippen LogP contribution in [-0.2, 0) is 0 Å². The van der Waals surface area contributed by atoms with Crippen LogP contribution in [0.1, 0.15) is 0 Å². The van der Waals surface area contributed by atoms with E-state index in [9.17, 15) is 14.5 Å². The zero-order valence-electron chi connectivity index (χ0n) is 15.9. The van der Waals surface area contributed by atoms with Crippen LogP contribution < -0.4 is 15.9 Å². The van der Waals surface area contributed by atoms with Gasteiger partial charge in [0.25, 0.3) is 0 Å². The van der Waals surface area contributed by atoms with Gasteiger partial charge in [0.1, 0.15) is 5.69 Å². The highest BCUT2D eigenvalue weighted by Gasteiger charge is 2.30. The van der Waals surface area contributed by atoms with Crippen molar-refractivity contribution in [1.29, 1.82) is 0 Å². The summed E-state index contributed by atoms with van der Waals surface area (Å²) in [6.45, 7) is 0. The zero-order chi connectivity index (χ0) is 21.0. The molecule has 0 amide bonds. The van der Waals surface area contributed by atoms with Gasteiger partial charge < -0.3 is 0 Å². The number of nitro benzene ring substituents is 1. The number of nitrogens with zero attached hydrogens (tertiary/aromatic N) is 2. The standard InChI is InChI=1S/C24H18FN2O2P/c25-22-17-10-18-23(24(22)27(28)29)26-30(19-11-4-1-5-12-19,20-13-6-2-7-14-20)21-15-8-3-9-16-21/h1-18H. The van der Waals surface area contributed by atoms with E-state index in [4.69, 9.17) is 4.74 Å². The summed E-state index contributed by atoms with van der Waals surface area (Å²) in [5, 5.41) is 14.5. The summed E-state index contributed by atoms with van der Waals surface area (Å²) in [5.41, 5.74) is -0.574. The largest absolute Gasteiger partial charge is 0.330 e. The smallest absolute Gasteiger partial charge is 0.258 e. The van der Waals surface area contributed by atoms with Gasteiger partial charge in [-0.2, -0.15) is 4.39 Å². The molecule has 4 aromatic rings. The van der Waals surface area contributed by atoms with Gasteiger partial charge in [-0.1, -0.05) is 97.1 Å². The summed E-state index contributed by atoms with van der Waals surface area (Å²) >= 11 is 0. The molecule has 0 bridgehead atoms. The quantitative estimate of drug-likeness (QED) is 0.244. The van der Waals surface area contributed by atoms with Crippen LogP contribution in [0.5, 0.6) is 0 Å². The number of para-hydroxylation sites is 1. The van der Waals surface area contributed by atoms with Crippen LogP contribution in [0.3, 0.4) is 0 Å². The Morgan fingerprint density at radius 3 is 1.50 bits per heavy atom. The highest BCUT2D eigenvalue weighted by Crippen LogP contribution is 2.50. The molecule has 0 aliphatic carbocycles. The summed E-state index contributed by atoms with van der Waals surface area (Å²) in [6, 6.07) is 33.2. The van der Waals surface area contributed by atoms with Gasteiger partial charge in [-0.15, -0.1) is 0 Å². The van der Waals surface area contributed by atoms with Crippen molar-refractivity contribution in [2.75, 3.05) is 0 Å². The maximum absolute atomic E-state index is 14.4. The van der Waals surface area contributed by atoms with E-state index in [1.54, 1.807) is 0 Å². The molecule has 0 N–H and O–H groups in total. The van der Waals surface area contributed by atoms with Crippen molar-refractivity contribution >= 4 is 34.3 Å². The molecule has 6 heteroatoms. The summed E-state index contributed by atoms with van der Waals surface area (Å²) < 4.78 is 19.4. The van der Waals surface area contributed by atoms with Crippen molar-refractivity contribution in [3.05, 3.63) is 125 Å². The molecular formula is C24H18FN2O2P. The van der Waals surface area contributed by atoms with E-state index < -0.39 is 23.5 Å². The fraction of sp³-hybridized carbons (Fsp3) is 0. The highest BCUT2D eigenvalue weighted by molar-refractivity contribution is 7.87. The molecule has 148 valence electrons. The molecular weight excluding hydrogens is 398 g/mol. The van der Waals surface area contributed by atoms with Crippen LogP contribution in [0.15, 0.2) is 114 Å². The van der Waals surface area contributed by atoms with E-state index >= 15 is 0 Å². The SMILES string of the molecule is O=[N+]([O-])c1c(F)cccc1N=P(c1ccccc1)(c1ccccc1)c1ccccc1. The van der Waals surface area contributed by atoms with Gasteiger partial charge in [-0.25, -0.2) is 4.74 Å². The molecule has 0 saturated carbocycles. The normalized spacial score (nSPS) is 11.1. The predicted molar refractivity (Wildman–Crippen MR) is 120 cm³/mol. The minimum Gasteiger partial charge on any atom is -0.258 e. The average Bonchev–Trinajstić information content (AvgIpc) is 2.79. The Kier molecular flexibility index (Phi) is 5.55. The van der Waals surface area contributed by atoms with E-state index in [-0.39, 0.29) is 5.69 Å². The molecule has 4 nitrogen and oxygen atoms in total. The topological polar surface area (TPSA) is 55.5 Å². The molecule has 4 aromatic carbocycles. The van der Waals surface area contributed by atoms with Crippen LogP contribution in [0, 0.1) is 15.9 Å². The Balaban J connectivity index is 2.19. The second kappa shape index (κ2) is 8.44. The number of benzene rings is 4. The van der Waals surface area contributed by atoms with Crippen molar-refractivity contribution in [3.8, 4) is 0 Å². The summed E-state index contributed by atoms with van der Waals surface area (Å²) in [4.78, 5) is 11.0. The van der Waals surface area contributed by atoms with Crippen LogP contribution in [0.2, 0.25) is 0 Å². The first kappa shape index (κ1) is 19.7. The van der Waals surface area contributed by atoms with Crippen LogP contribution in [0.25, 0.3) is 0 Å². The maximum Gasteiger partial charge on any atom is 0.330 e. The monoisotopic (exact) mass is 416 g/mol. The first-order valence-corrected chi connectivity index (χ1v) is 11.1. The molecule has 0 atom stereocenters. The van der Waals surface area contributed by atoms with Gasteiger partial charge in [0, 0.05) is 15.9 Å². The lowest BCUT2D eigenvalue weighted by Crippen LogP contribution is -2.25. The third kappa shape index (κ3) is 3.56. The fourth-order valence-electron chi connectivity index (χ4n) is 3.48. The Hall–Kier alpha value is -3.56. The van der Waals surface area contributed by atoms with E-state index in [0.29, 0.717) is 0 Å². The van der Waals surface area contributed by atoms with Crippen molar-refractivity contribution in [3.63, 3.8) is 0 Å². The van der Waals surface area contributed by atoms with Crippen molar-refractivity contribution in [2.45, 2.75) is 0 Å². The predicted octanol–water partition coefficient (Wildman–Crippen LogP) is 5.54. The van der Waals surface area contributed by atoms with Gasteiger partial charge in [-0.05, 0) is 12.1 Å². The van der Waals surface area contributed by atoms with Crippen LogP contribution >= 0.6 is 7.05 Å². The number of hydrogen-bond donors (Lipinski definition) is 0. The molecule has 0 heterocycles. The Morgan fingerprint density at radius 1 is 0.667 bits per heavy atom. The van der Waals surface area contributed by atoms with Gasteiger partial charge in [-0.3, -0.25) is 10.1 Å². The van der Waals surface area contributed by atoms with Crippen LogP contribution in [0.4, 0.5) is 15.8 Å². The molecule has 0 aromatic heterocycles. The first-order chi connectivity index (χ1) is 14.6. The van der Waals surface area contributed by atoms with Crippen molar-refractivity contribution in [1.82, 2.24) is 0 Å². The number of nitro groups is 1. The minimum atomic E-state index is -2.71. The first-order valence-electron chi connectivity index (χ1n) is 9.35. The Labute approximate surface area is 173 Å². The minimum absolute atomic E-state index is 0.0323. The summed E-state index contributed by atoms with van der Waals surface area (Å²) in [6.07, 6.45) is 0. The van der Waals surface area contributed by atoms with E-state index in [0.717, 1.165) is 22.0 Å². The van der Waals surface area contributed by atoms with Gasteiger partial charge in [0.15, 0.2) is 0 Å². The van der Waals surface area contributed by atoms with Crippen molar-refractivity contribution in [2.24, 2.45) is 4.74 Å². The lowest BCUT2D eigenvalue weighted by molar-refractivity contribution is -0.386. The lowest BCUT2D eigenvalue weighted by Gasteiger charge is -2.26. The second-order valence-corrected chi connectivity index (χ2v) is 9.63. The molecule has 0 unspecified atom stereocenters. The third-order valence-electron chi connectivity index (χ3n) is 4.80. The molecule has 0 saturated heterocycles. The Morgan fingerprint density at radius 2 is 1.10 bits per heavy atom. The van der Waals surface area contributed by atoms with E-state index in [2.05, 4.69) is 0 Å². The van der Waals surface area contributed by atoms with Gasteiger partial charge in [0.2, 0.25) is 5.82 Å². The summed E-state index contributed by atoms with van der Waals surface area (Å²) in [5.74, 6) is -0.895. The van der Waals surface area contributed by atoms with Crippen LogP contribution in [-0.4, -0.2) is 4.92 Å². The number of hydrogen-bond acceptors (Lipinski definition) is 3. The van der Waals surface area contributed by atoms with Crippen molar-refractivity contribution < 1.29 is 9.31 Å². The zero-order valence-corrected chi connectivity index (χ0v) is 16.8.